The van der Waals surface area contributed by atoms with Crippen LogP contribution in [0.4, 0.5) is 13.2 Å². The summed E-state index contributed by atoms with van der Waals surface area (Å²) in [5.74, 6) is -0.863. The van der Waals surface area contributed by atoms with E-state index in [9.17, 15) is 22.8 Å². The molecule has 2 amide bonds. The van der Waals surface area contributed by atoms with Gasteiger partial charge in [0.2, 0.25) is 0 Å². The molecule has 172 valence electrons. The molecule has 3 N–H and O–H groups in total. The second-order valence-corrected chi connectivity index (χ2v) is 9.58. The van der Waals surface area contributed by atoms with Crippen LogP contribution in [-0.4, -0.2) is 45.5 Å². The number of thiophene rings is 1. The van der Waals surface area contributed by atoms with Crippen molar-refractivity contribution in [1.82, 2.24) is 25.6 Å². The lowest BCUT2D eigenvalue weighted by Gasteiger charge is -2.27. The fourth-order valence-corrected chi connectivity index (χ4v) is 3.55. The van der Waals surface area contributed by atoms with Crippen molar-refractivity contribution in [3.8, 4) is 10.6 Å². The molecule has 0 saturated carbocycles. The smallest absolute Gasteiger partial charge is 0.351 e. The van der Waals surface area contributed by atoms with E-state index in [4.69, 9.17) is 0 Å². The fourth-order valence-electron chi connectivity index (χ4n) is 2.68. The molecule has 0 aliphatic rings. The number of fused-ring (bicyclic) bond motifs is 1. The minimum Gasteiger partial charge on any atom is -0.351 e. The van der Waals surface area contributed by atoms with E-state index in [1.165, 1.54) is 12.3 Å². The Kier molecular flexibility index (Phi) is 6.59. The fraction of sp³-hybridized carbons (Fsp3) is 0.429. The third-order valence-electron chi connectivity index (χ3n) is 5.05. The number of rotatable bonds is 6. The number of amides is 2. The summed E-state index contributed by atoms with van der Waals surface area (Å²) in [5, 5.41) is 5.22. The Morgan fingerprint density at radius 2 is 1.91 bits per heavy atom. The SMILES string of the molecule is C[C@H](NC(=O)c1c[nH]c2ncc(-c3ccc(C(=O)NCCC(F)(F)F)s3)nc12)C(C)(C)C. The average molecular weight is 468 g/mol. The number of H-pyrrole nitrogens is 1. The highest BCUT2D eigenvalue weighted by Crippen LogP contribution is 2.28. The molecular formula is C21H24F3N5O2S. The molecule has 0 spiro atoms. The van der Waals surface area contributed by atoms with Crippen LogP contribution < -0.4 is 10.6 Å². The lowest BCUT2D eigenvalue weighted by molar-refractivity contribution is -0.132. The van der Waals surface area contributed by atoms with Crippen LogP contribution >= 0.6 is 11.3 Å². The van der Waals surface area contributed by atoms with E-state index in [2.05, 4.69) is 25.6 Å². The van der Waals surface area contributed by atoms with Gasteiger partial charge < -0.3 is 15.6 Å². The number of aromatic nitrogens is 3. The third kappa shape index (κ3) is 5.64. The van der Waals surface area contributed by atoms with Crippen LogP contribution in [0.2, 0.25) is 0 Å². The highest BCUT2D eigenvalue weighted by Gasteiger charge is 2.27. The Labute approximate surface area is 186 Å². The molecule has 0 unspecified atom stereocenters. The van der Waals surface area contributed by atoms with Crippen molar-refractivity contribution < 1.29 is 22.8 Å². The van der Waals surface area contributed by atoms with Gasteiger partial charge in [-0.3, -0.25) is 9.59 Å². The molecule has 7 nitrogen and oxygen atoms in total. The van der Waals surface area contributed by atoms with E-state index >= 15 is 0 Å². The molecule has 0 radical (unpaired) electrons. The molecular weight excluding hydrogens is 443 g/mol. The van der Waals surface area contributed by atoms with Crippen LogP contribution in [0.1, 0.15) is 54.1 Å². The van der Waals surface area contributed by atoms with Crippen LogP contribution in [0.5, 0.6) is 0 Å². The predicted molar refractivity (Wildman–Crippen MR) is 117 cm³/mol. The number of halogens is 3. The zero-order valence-electron chi connectivity index (χ0n) is 18.1. The molecule has 0 saturated heterocycles. The summed E-state index contributed by atoms with van der Waals surface area (Å²) in [5.41, 5.74) is 1.53. The highest BCUT2D eigenvalue weighted by atomic mass is 32.1. The second-order valence-electron chi connectivity index (χ2n) is 8.50. The molecule has 1 atom stereocenters. The van der Waals surface area contributed by atoms with Crippen LogP contribution in [0, 0.1) is 5.41 Å². The lowest BCUT2D eigenvalue weighted by atomic mass is 9.88. The molecule has 32 heavy (non-hydrogen) atoms. The van der Waals surface area contributed by atoms with Crippen molar-refractivity contribution in [3.63, 3.8) is 0 Å². The minimum atomic E-state index is -4.33. The first-order valence-electron chi connectivity index (χ1n) is 9.95. The summed E-state index contributed by atoms with van der Waals surface area (Å²) in [7, 11) is 0. The van der Waals surface area contributed by atoms with Crippen LogP contribution in [0.15, 0.2) is 24.5 Å². The Hall–Kier alpha value is -2.95. The van der Waals surface area contributed by atoms with Gasteiger partial charge in [-0.15, -0.1) is 11.3 Å². The molecule has 0 aliphatic carbocycles. The zero-order chi connectivity index (χ0) is 23.7. The van der Waals surface area contributed by atoms with Gasteiger partial charge in [-0.1, -0.05) is 20.8 Å². The van der Waals surface area contributed by atoms with Gasteiger partial charge in [0.05, 0.1) is 33.6 Å². The number of carbonyl (C=O) groups is 2. The Morgan fingerprint density at radius 1 is 1.19 bits per heavy atom. The van der Waals surface area contributed by atoms with Gasteiger partial charge in [0, 0.05) is 18.8 Å². The predicted octanol–water partition coefficient (Wildman–Crippen LogP) is 4.53. The maximum Gasteiger partial charge on any atom is 0.390 e. The summed E-state index contributed by atoms with van der Waals surface area (Å²) in [6.07, 6.45) is -2.36. The summed E-state index contributed by atoms with van der Waals surface area (Å²) in [4.78, 5) is 37.5. The molecule has 0 fully saturated rings. The number of carbonyl (C=O) groups excluding carboxylic acids is 2. The molecule has 3 heterocycles. The van der Waals surface area contributed by atoms with E-state index in [0.717, 1.165) is 11.3 Å². The number of nitrogens with one attached hydrogen (secondary N) is 3. The van der Waals surface area contributed by atoms with Crippen molar-refractivity contribution >= 4 is 34.3 Å². The van der Waals surface area contributed by atoms with E-state index in [-0.39, 0.29) is 22.2 Å². The molecule has 0 aliphatic heterocycles. The first kappa shape index (κ1) is 23.7. The Morgan fingerprint density at radius 3 is 2.56 bits per heavy atom. The van der Waals surface area contributed by atoms with E-state index in [0.29, 0.717) is 27.3 Å². The molecule has 3 aromatic heterocycles. The third-order valence-corrected chi connectivity index (χ3v) is 6.15. The summed E-state index contributed by atoms with van der Waals surface area (Å²) < 4.78 is 36.8. The van der Waals surface area contributed by atoms with Crippen molar-refractivity contribution in [1.29, 1.82) is 0 Å². The Balaban J connectivity index is 1.78. The quantitative estimate of drug-likeness (QED) is 0.496. The zero-order valence-corrected chi connectivity index (χ0v) is 18.9. The maximum atomic E-state index is 12.8. The van der Waals surface area contributed by atoms with E-state index < -0.39 is 25.0 Å². The molecule has 3 rings (SSSR count). The summed E-state index contributed by atoms with van der Waals surface area (Å²) in [6.45, 7) is 7.52. The molecule has 0 bridgehead atoms. The second kappa shape index (κ2) is 8.89. The maximum absolute atomic E-state index is 12.8. The highest BCUT2D eigenvalue weighted by molar-refractivity contribution is 7.17. The van der Waals surface area contributed by atoms with Crippen LogP contribution in [0.3, 0.4) is 0 Å². The number of hydrogen-bond acceptors (Lipinski definition) is 5. The number of hydrogen-bond donors (Lipinski definition) is 3. The van der Waals surface area contributed by atoms with Crippen molar-refractivity contribution in [3.05, 3.63) is 35.0 Å². The van der Waals surface area contributed by atoms with Gasteiger partial charge in [0.25, 0.3) is 11.8 Å². The van der Waals surface area contributed by atoms with Gasteiger partial charge in [-0.05, 0) is 24.5 Å². The van der Waals surface area contributed by atoms with Crippen LogP contribution in [0.25, 0.3) is 21.7 Å². The lowest BCUT2D eigenvalue weighted by Crippen LogP contribution is -2.41. The normalized spacial score (nSPS) is 13.2. The molecule has 3 aromatic rings. The van der Waals surface area contributed by atoms with Gasteiger partial charge in [-0.25, -0.2) is 9.97 Å². The van der Waals surface area contributed by atoms with Gasteiger partial charge >= 0.3 is 6.18 Å². The number of nitrogens with zero attached hydrogens (tertiary/aromatic N) is 2. The summed E-state index contributed by atoms with van der Waals surface area (Å²) in [6, 6.07) is 3.09. The van der Waals surface area contributed by atoms with E-state index in [1.54, 1.807) is 12.3 Å². The largest absolute Gasteiger partial charge is 0.390 e. The van der Waals surface area contributed by atoms with Crippen molar-refractivity contribution in [2.75, 3.05) is 6.54 Å². The Bertz CT molecular complexity index is 1130. The van der Waals surface area contributed by atoms with Gasteiger partial charge in [0.15, 0.2) is 5.65 Å². The minimum absolute atomic E-state index is 0.0770. The monoisotopic (exact) mass is 467 g/mol. The summed E-state index contributed by atoms with van der Waals surface area (Å²) >= 11 is 1.08. The average Bonchev–Trinajstić information content (AvgIpc) is 3.33. The number of aromatic amines is 1. The standard InChI is InChI=1S/C21H24F3N5O2S/c1-11(20(2,3)4)28-18(30)12-9-26-17-16(12)29-13(10-27-17)14-5-6-15(32-14)19(31)25-8-7-21(22,23)24/h5-6,9-11H,7-8H2,1-4H3,(H,25,31)(H,26,27)(H,28,30)/t11-/m0/s1. The first-order valence-corrected chi connectivity index (χ1v) is 10.8. The van der Waals surface area contributed by atoms with Crippen molar-refractivity contribution in [2.45, 2.75) is 46.3 Å². The molecule has 0 aromatic carbocycles. The van der Waals surface area contributed by atoms with Crippen LogP contribution in [-0.2, 0) is 0 Å². The van der Waals surface area contributed by atoms with Crippen molar-refractivity contribution in [2.24, 2.45) is 5.41 Å². The number of alkyl halides is 3. The van der Waals surface area contributed by atoms with E-state index in [1.807, 2.05) is 27.7 Å². The molecule has 11 heteroatoms. The first-order chi connectivity index (χ1) is 14.8. The van der Waals surface area contributed by atoms with Gasteiger partial charge in [-0.2, -0.15) is 13.2 Å². The topological polar surface area (TPSA) is 99.8 Å². The van der Waals surface area contributed by atoms with Gasteiger partial charge in [0.1, 0.15) is 5.52 Å².